The Bertz CT molecular complexity index is 250. The van der Waals surface area contributed by atoms with E-state index in [4.69, 9.17) is 5.53 Å². The molecule has 0 saturated carbocycles. The van der Waals surface area contributed by atoms with E-state index in [1.165, 1.54) is 6.42 Å². The van der Waals surface area contributed by atoms with Crippen LogP contribution in [0.4, 0.5) is 0 Å². The molecular formula is C9H16N4O. The van der Waals surface area contributed by atoms with E-state index in [9.17, 15) is 4.79 Å². The van der Waals surface area contributed by atoms with Gasteiger partial charge in [0.15, 0.2) is 0 Å². The average Bonchev–Trinajstić information content (AvgIpc) is 2.14. The molecule has 1 heterocycles. The van der Waals surface area contributed by atoms with Gasteiger partial charge in [0.2, 0.25) is 5.91 Å². The van der Waals surface area contributed by atoms with Crippen molar-refractivity contribution in [3.8, 4) is 0 Å². The van der Waals surface area contributed by atoms with Crippen LogP contribution < -0.4 is 0 Å². The zero-order chi connectivity index (χ0) is 10.6. The van der Waals surface area contributed by atoms with Gasteiger partial charge in [0.25, 0.3) is 0 Å². The molecule has 5 heteroatoms. The van der Waals surface area contributed by atoms with Crippen molar-refractivity contribution in [1.29, 1.82) is 0 Å². The first-order valence-electron chi connectivity index (χ1n) is 4.99. The summed E-state index contributed by atoms with van der Waals surface area (Å²) in [5.74, 6) is -0.0532. The van der Waals surface area contributed by atoms with E-state index in [1.54, 1.807) is 0 Å². The maximum atomic E-state index is 11.6. The first kappa shape index (κ1) is 10.9. The van der Waals surface area contributed by atoms with Crippen LogP contribution in [0, 0.1) is 0 Å². The van der Waals surface area contributed by atoms with E-state index in [-0.39, 0.29) is 24.5 Å². The molecule has 2 unspecified atom stereocenters. The largest absolute Gasteiger partial charge is 0.337 e. The van der Waals surface area contributed by atoms with Gasteiger partial charge in [-0.25, -0.2) is 0 Å². The topological polar surface area (TPSA) is 69.1 Å². The molecule has 5 nitrogen and oxygen atoms in total. The van der Waals surface area contributed by atoms with Crippen molar-refractivity contribution in [1.82, 2.24) is 4.90 Å². The molecule has 1 fully saturated rings. The molecular weight excluding hydrogens is 180 g/mol. The van der Waals surface area contributed by atoms with Gasteiger partial charge in [-0.05, 0) is 38.6 Å². The zero-order valence-electron chi connectivity index (χ0n) is 8.68. The number of azide groups is 1. The highest BCUT2D eigenvalue weighted by Crippen LogP contribution is 2.22. The molecule has 1 rings (SSSR count). The van der Waals surface area contributed by atoms with Gasteiger partial charge in [0.05, 0.1) is 0 Å². The van der Waals surface area contributed by atoms with Crippen molar-refractivity contribution in [2.45, 2.75) is 45.2 Å². The predicted octanol–water partition coefficient (Wildman–Crippen LogP) is 2.09. The maximum absolute atomic E-state index is 11.6. The Morgan fingerprint density at radius 3 is 2.57 bits per heavy atom. The molecule has 1 saturated heterocycles. The van der Waals surface area contributed by atoms with E-state index in [2.05, 4.69) is 10.0 Å². The Kier molecular flexibility index (Phi) is 3.77. The van der Waals surface area contributed by atoms with Crippen LogP contribution in [0.2, 0.25) is 0 Å². The molecule has 0 radical (unpaired) electrons. The van der Waals surface area contributed by atoms with Gasteiger partial charge in [0.1, 0.15) is 6.54 Å². The van der Waals surface area contributed by atoms with Crippen molar-refractivity contribution >= 4 is 5.91 Å². The summed E-state index contributed by atoms with van der Waals surface area (Å²) in [4.78, 5) is 16.1. The molecule has 0 aliphatic carbocycles. The number of hydrogen-bond acceptors (Lipinski definition) is 2. The third-order valence-corrected chi connectivity index (χ3v) is 2.75. The molecule has 0 N–H and O–H groups in total. The van der Waals surface area contributed by atoms with E-state index >= 15 is 0 Å². The first-order valence-corrected chi connectivity index (χ1v) is 4.99. The van der Waals surface area contributed by atoms with Crippen LogP contribution in [0.3, 0.4) is 0 Å². The molecule has 0 aromatic heterocycles. The molecule has 0 bridgehead atoms. The Labute approximate surface area is 83.7 Å². The molecule has 14 heavy (non-hydrogen) atoms. The second-order valence-electron chi connectivity index (χ2n) is 3.82. The summed E-state index contributed by atoms with van der Waals surface area (Å²) in [5.41, 5.74) is 8.13. The van der Waals surface area contributed by atoms with Crippen LogP contribution in [0.25, 0.3) is 10.4 Å². The van der Waals surface area contributed by atoms with Gasteiger partial charge in [-0.3, -0.25) is 4.79 Å². The third-order valence-electron chi connectivity index (χ3n) is 2.75. The minimum atomic E-state index is -0.0532. The van der Waals surface area contributed by atoms with Crippen molar-refractivity contribution in [2.24, 2.45) is 5.11 Å². The Balaban J connectivity index is 2.62. The van der Waals surface area contributed by atoms with Crippen LogP contribution in [0.1, 0.15) is 33.1 Å². The number of carbonyl (C=O) groups excluding carboxylic acids is 1. The SMILES string of the molecule is CC1CCCC(C)N1C(=O)CN=[N+]=[N-]. The number of nitrogens with zero attached hydrogens (tertiary/aromatic N) is 4. The molecule has 0 aromatic rings. The average molecular weight is 196 g/mol. The van der Waals surface area contributed by atoms with E-state index in [1.807, 2.05) is 18.7 Å². The fourth-order valence-corrected chi connectivity index (χ4v) is 2.09. The highest BCUT2D eigenvalue weighted by Gasteiger charge is 2.27. The van der Waals surface area contributed by atoms with Crippen LogP contribution in [-0.2, 0) is 4.79 Å². The first-order chi connectivity index (χ1) is 6.66. The van der Waals surface area contributed by atoms with Crippen molar-refractivity contribution < 1.29 is 4.79 Å². The maximum Gasteiger partial charge on any atom is 0.228 e. The summed E-state index contributed by atoms with van der Waals surface area (Å²) >= 11 is 0. The van der Waals surface area contributed by atoms with Gasteiger partial charge < -0.3 is 4.90 Å². The van der Waals surface area contributed by atoms with E-state index in [0.717, 1.165) is 12.8 Å². The molecule has 0 aromatic carbocycles. The molecule has 0 spiro atoms. The lowest BCUT2D eigenvalue weighted by molar-refractivity contribution is -0.135. The smallest absolute Gasteiger partial charge is 0.228 e. The van der Waals surface area contributed by atoms with Crippen LogP contribution in [0.15, 0.2) is 5.11 Å². The van der Waals surface area contributed by atoms with E-state index < -0.39 is 0 Å². The number of amides is 1. The molecule has 1 aliphatic rings. The number of likely N-dealkylation sites (tertiary alicyclic amines) is 1. The standard InChI is InChI=1S/C9H16N4O/c1-7-4-3-5-8(2)13(7)9(14)6-11-12-10/h7-8H,3-6H2,1-2H3. The van der Waals surface area contributed by atoms with Crippen molar-refractivity contribution in [2.75, 3.05) is 6.54 Å². The highest BCUT2D eigenvalue weighted by atomic mass is 16.2. The van der Waals surface area contributed by atoms with Crippen LogP contribution in [0.5, 0.6) is 0 Å². The minimum Gasteiger partial charge on any atom is -0.337 e. The summed E-state index contributed by atoms with van der Waals surface area (Å²) in [6, 6.07) is 0.556. The fraction of sp³-hybridized carbons (Fsp3) is 0.889. The number of carbonyl (C=O) groups is 1. The second-order valence-corrected chi connectivity index (χ2v) is 3.82. The van der Waals surface area contributed by atoms with Gasteiger partial charge in [0, 0.05) is 17.0 Å². The predicted molar refractivity (Wildman–Crippen MR) is 53.6 cm³/mol. The monoisotopic (exact) mass is 196 g/mol. The summed E-state index contributed by atoms with van der Waals surface area (Å²) < 4.78 is 0. The van der Waals surface area contributed by atoms with Gasteiger partial charge in [-0.1, -0.05) is 5.11 Å². The van der Waals surface area contributed by atoms with Crippen molar-refractivity contribution in [3.63, 3.8) is 0 Å². The lowest BCUT2D eigenvalue weighted by atomic mass is 9.97. The van der Waals surface area contributed by atoms with Gasteiger partial charge in [-0.2, -0.15) is 0 Å². The van der Waals surface area contributed by atoms with E-state index in [0.29, 0.717) is 0 Å². The fourth-order valence-electron chi connectivity index (χ4n) is 2.09. The molecule has 1 amide bonds. The summed E-state index contributed by atoms with van der Waals surface area (Å²) in [7, 11) is 0. The normalized spacial score (nSPS) is 26.9. The number of hydrogen-bond donors (Lipinski definition) is 0. The highest BCUT2D eigenvalue weighted by molar-refractivity contribution is 5.79. The lowest BCUT2D eigenvalue weighted by Gasteiger charge is -2.38. The van der Waals surface area contributed by atoms with Crippen LogP contribution in [-0.4, -0.2) is 29.4 Å². The third kappa shape index (κ3) is 2.39. The molecule has 2 atom stereocenters. The summed E-state index contributed by atoms with van der Waals surface area (Å²) in [6.07, 6.45) is 3.27. The lowest BCUT2D eigenvalue weighted by Crippen LogP contribution is -2.48. The minimum absolute atomic E-state index is 0.0504. The number of piperidine rings is 1. The molecule has 1 aliphatic heterocycles. The zero-order valence-corrected chi connectivity index (χ0v) is 8.68. The Morgan fingerprint density at radius 2 is 2.07 bits per heavy atom. The van der Waals surface area contributed by atoms with Gasteiger partial charge >= 0.3 is 0 Å². The van der Waals surface area contributed by atoms with Gasteiger partial charge in [-0.15, -0.1) is 0 Å². The Hall–Kier alpha value is -1.22. The number of rotatable bonds is 2. The molecule has 78 valence electrons. The van der Waals surface area contributed by atoms with Crippen LogP contribution >= 0.6 is 0 Å². The summed E-state index contributed by atoms with van der Waals surface area (Å²) in [5, 5.41) is 3.31. The summed E-state index contributed by atoms with van der Waals surface area (Å²) in [6.45, 7) is 4.04. The Morgan fingerprint density at radius 1 is 1.50 bits per heavy atom. The quantitative estimate of drug-likeness (QED) is 0.378. The van der Waals surface area contributed by atoms with Crippen molar-refractivity contribution in [3.05, 3.63) is 10.4 Å². The second kappa shape index (κ2) is 4.86.